The van der Waals surface area contributed by atoms with Crippen LogP contribution in [0.25, 0.3) is 22.5 Å². The van der Waals surface area contributed by atoms with E-state index in [9.17, 15) is 13.2 Å². The summed E-state index contributed by atoms with van der Waals surface area (Å²) < 4.78 is 35.0. The first-order valence-electron chi connectivity index (χ1n) is 13.9. The highest BCUT2D eigenvalue weighted by Crippen LogP contribution is 2.35. The molecule has 2 heterocycles. The fraction of sp³-hybridized carbons (Fsp3) is 0.355. The van der Waals surface area contributed by atoms with Crippen LogP contribution in [0.4, 0.5) is 5.88 Å². The van der Waals surface area contributed by atoms with Gasteiger partial charge >= 0.3 is 0 Å². The van der Waals surface area contributed by atoms with Gasteiger partial charge in [0, 0.05) is 49.1 Å². The number of aryl methyl sites for hydroxylation is 1. The second-order valence-electron chi connectivity index (χ2n) is 10.7. The lowest BCUT2D eigenvalue weighted by atomic mass is 9.86. The molecule has 214 valence electrons. The Kier molecular flexibility index (Phi) is 8.49. The molecule has 1 fully saturated rings. The minimum absolute atomic E-state index is 0.0853. The van der Waals surface area contributed by atoms with Gasteiger partial charge in [-0.15, -0.1) is 0 Å². The van der Waals surface area contributed by atoms with Crippen LogP contribution in [0.2, 0.25) is 0 Å². The number of sulfonamides is 1. The van der Waals surface area contributed by atoms with E-state index in [0.717, 1.165) is 24.0 Å². The molecule has 1 saturated carbocycles. The zero-order valence-corrected chi connectivity index (χ0v) is 24.4. The molecule has 1 aliphatic rings. The molecule has 2 aromatic heterocycles. The van der Waals surface area contributed by atoms with Crippen molar-refractivity contribution in [2.75, 3.05) is 11.8 Å². The van der Waals surface area contributed by atoms with Gasteiger partial charge in [0.05, 0.1) is 10.6 Å². The lowest BCUT2D eigenvalue weighted by Crippen LogP contribution is -2.28. The number of carbonyl (C=O) groups is 1. The highest BCUT2D eigenvalue weighted by Gasteiger charge is 2.25. The van der Waals surface area contributed by atoms with Crippen LogP contribution in [-0.2, 0) is 21.4 Å². The van der Waals surface area contributed by atoms with E-state index < -0.39 is 10.0 Å². The predicted octanol–water partition coefficient (Wildman–Crippen LogP) is 6.15. The lowest BCUT2D eigenvalue weighted by Gasteiger charge is -2.25. The van der Waals surface area contributed by atoms with Crippen LogP contribution in [0.15, 0.2) is 70.3 Å². The SMILES string of the molecule is Cc1noc(NS(=O)(=O)c2ccccc2-c2ccc(-c3ncccn3)cc2CN(C)C(=O)CC2CCCCC2)c1C. The first-order chi connectivity index (χ1) is 19.7. The van der Waals surface area contributed by atoms with E-state index in [4.69, 9.17) is 4.52 Å². The Morgan fingerprint density at radius 2 is 1.73 bits per heavy atom. The first-order valence-corrected chi connectivity index (χ1v) is 15.4. The largest absolute Gasteiger partial charge is 0.341 e. The van der Waals surface area contributed by atoms with Crippen molar-refractivity contribution in [1.29, 1.82) is 0 Å². The van der Waals surface area contributed by atoms with Crippen LogP contribution in [0.5, 0.6) is 0 Å². The number of hydrogen-bond donors (Lipinski definition) is 1. The van der Waals surface area contributed by atoms with Gasteiger partial charge in [0.25, 0.3) is 10.0 Å². The fourth-order valence-electron chi connectivity index (χ4n) is 5.32. The Balaban J connectivity index is 1.52. The Labute approximate surface area is 241 Å². The number of anilines is 1. The Hall–Kier alpha value is -4.05. The summed E-state index contributed by atoms with van der Waals surface area (Å²) in [5, 5.41) is 3.87. The highest BCUT2D eigenvalue weighted by atomic mass is 32.2. The van der Waals surface area contributed by atoms with Crippen LogP contribution in [0.1, 0.15) is 55.3 Å². The Morgan fingerprint density at radius 1 is 1.00 bits per heavy atom. The number of carbonyl (C=O) groups excluding carboxylic acids is 1. The zero-order valence-electron chi connectivity index (χ0n) is 23.6. The van der Waals surface area contributed by atoms with Crippen LogP contribution in [-0.4, -0.2) is 41.4 Å². The molecule has 0 bridgehead atoms. The normalized spacial score (nSPS) is 14.1. The number of benzene rings is 2. The summed E-state index contributed by atoms with van der Waals surface area (Å²) in [7, 11) is -2.23. The van der Waals surface area contributed by atoms with Crippen molar-refractivity contribution >= 4 is 21.8 Å². The van der Waals surface area contributed by atoms with Gasteiger partial charge in [-0.2, -0.15) is 0 Å². The molecule has 9 nitrogen and oxygen atoms in total. The molecule has 1 aliphatic carbocycles. The number of nitrogens with one attached hydrogen (secondary N) is 1. The molecule has 1 amide bonds. The molecule has 2 aromatic carbocycles. The second-order valence-corrected chi connectivity index (χ2v) is 12.4. The number of aromatic nitrogens is 3. The maximum Gasteiger partial charge on any atom is 0.264 e. The molecule has 0 unspecified atom stereocenters. The quantitative estimate of drug-likeness (QED) is 0.255. The first kappa shape index (κ1) is 28.5. The van der Waals surface area contributed by atoms with Gasteiger partial charge in [-0.3, -0.25) is 4.79 Å². The van der Waals surface area contributed by atoms with Crippen molar-refractivity contribution in [3.63, 3.8) is 0 Å². The minimum Gasteiger partial charge on any atom is -0.341 e. The van der Waals surface area contributed by atoms with Crippen LogP contribution >= 0.6 is 0 Å². The molecule has 10 heteroatoms. The molecule has 41 heavy (non-hydrogen) atoms. The van der Waals surface area contributed by atoms with E-state index in [0.29, 0.717) is 47.1 Å². The van der Waals surface area contributed by atoms with Crippen LogP contribution in [0.3, 0.4) is 0 Å². The summed E-state index contributed by atoms with van der Waals surface area (Å²) in [5.41, 5.74) is 4.02. The Morgan fingerprint density at radius 3 is 2.44 bits per heavy atom. The van der Waals surface area contributed by atoms with Gasteiger partial charge in [0.1, 0.15) is 0 Å². The monoisotopic (exact) mass is 573 g/mol. The molecule has 5 rings (SSSR count). The van der Waals surface area contributed by atoms with Crippen molar-refractivity contribution in [2.24, 2.45) is 5.92 Å². The second kappa shape index (κ2) is 12.2. The van der Waals surface area contributed by atoms with Gasteiger partial charge in [-0.25, -0.2) is 23.1 Å². The van der Waals surface area contributed by atoms with Crippen LogP contribution in [0, 0.1) is 19.8 Å². The van der Waals surface area contributed by atoms with E-state index in [-0.39, 0.29) is 16.7 Å². The summed E-state index contributed by atoms with van der Waals surface area (Å²) in [4.78, 5) is 23.9. The number of nitrogens with zero attached hydrogens (tertiary/aromatic N) is 4. The number of amides is 1. The van der Waals surface area contributed by atoms with Crippen molar-refractivity contribution in [1.82, 2.24) is 20.0 Å². The summed E-state index contributed by atoms with van der Waals surface area (Å²) in [5.74, 6) is 1.14. The average molecular weight is 574 g/mol. The molecule has 4 aromatic rings. The van der Waals surface area contributed by atoms with Gasteiger partial charge in [0.15, 0.2) is 5.82 Å². The molecular weight excluding hydrogens is 538 g/mol. The fourth-order valence-corrected chi connectivity index (χ4v) is 6.59. The average Bonchev–Trinajstić information content (AvgIpc) is 3.29. The summed E-state index contributed by atoms with van der Waals surface area (Å²) in [6.45, 7) is 3.81. The minimum atomic E-state index is -4.03. The smallest absolute Gasteiger partial charge is 0.264 e. The van der Waals surface area contributed by atoms with Gasteiger partial charge < -0.3 is 9.42 Å². The summed E-state index contributed by atoms with van der Waals surface area (Å²) >= 11 is 0. The molecule has 1 N–H and O–H groups in total. The molecular formula is C31H35N5O4S. The van der Waals surface area contributed by atoms with Gasteiger partial charge in [-0.1, -0.05) is 54.8 Å². The Bertz CT molecular complexity index is 1630. The van der Waals surface area contributed by atoms with E-state index in [2.05, 4.69) is 19.8 Å². The third-order valence-electron chi connectivity index (χ3n) is 7.80. The van der Waals surface area contributed by atoms with E-state index in [1.807, 2.05) is 18.2 Å². The van der Waals surface area contributed by atoms with Gasteiger partial charge in [0.2, 0.25) is 11.8 Å². The predicted molar refractivity (Wildman–Crippen MR) is 157 cm³/mol. The molecule has 0 aliphatic heterocycles. The third kappa shape index (κ3) is 6.48. The van der Waals surface area contributed by atoms with E-state index in [1.165, 1.54) is 19.3 Å². The zero-order chi connectivity index (χ0) is 29.0. The van der Waals surface area contributed by atoms with E-state index >= 15 is 0 Å². The molecule has 0 saturated heterocycles. The van der Waals surface area contributed by atoms with Crippen molar-refractivity contribution in [2.45, 2.75) is 63.8 Å². The maximum atomic E-state index is 13.6. The van der Waals surface area contributed by atoms with Crippen molar-refractivity contribution < 1.29 is 17.7 Å². The topological polar surface area (TPSA) is 118 Å². The summed E-state index contributed by atoms with van der Waals surface area (Å²) in [6, 6.07) is 14.3. The van der Waals surface area contributed by atoms with Crippen LogP contribution < -0.4 is 4.72 Å². The maximum absolute atomic E-state index is 13.6. The lowest BCUT2D eigenvalue weighted by molar-refractivity contribution is -0.131. The molecule has 0 atom stereocenters. The number of hydrogen-bond acceptors (Lipinski definition) is 7. The van der Waals surface area contributed by atoms with Crippen molar-refractivity contribution in [3.05, 3.63) is 77.7 Å². The standard InChI is InChI=1S/C31H35N5O4S/c1-21-22(2)34-40-31(21)35-41(38,39)28-13-8-7-12-27(28)26-15-14-24(30-32-16-9-17-33-30)19-25(26)20-36(3)29(37)18-23-10-5-4-6-11-23/h7-9,12-17,19,23,35H,4-6,10-11,18,20H2,1-3H3. The molecule has 0 spiro atoms. The van der Waals surface area contributed by atoms with E-state index in [1.54, 1.807) is 68.5 Å². The number of rotatable bonds is 9. The van der Waals surface area contributed by atoms with Gasteiger partial charge in [-0.05, 0) is 61.9 Å². The molecule has 0 radical (unpaired) electrons. The van der Waals surface area contributed by atoms with Crippen molar-refractivity contribution in [3.8, 4) is 22.5 Å². The summed E-state index contributed by atoms with van der Waals surface area (Å²) in [6.07, 6.45) is 9.66. The highest BCUT2D eigenvalue weighted by molar-refractivity contribution is 7.92. The third-order valence-corrected chi connectivity index (χ3v) is 9.19.